The molecule has 3 nitrogen and oxygen atoms in total. The highest BCUT2D eigenvalue weighted by molar-refractivity contribution is 7.98. The van der Waals surface area contributed by atoms with E-state index in [1.165, 1.54) is 25.7 Å². The summed E-state index contributed by atoms with van der Waals surface area (Å²) in [6.07, 6.45) is 8.79. The van der Waals surface area contributed by atoms with Crippen molar-refractivity contribution in [2.45, 2.75) is 51.6 Å². The Bertz CT molecular complexity index is 217. The molecular formula is C13H25NO2S. The molecule has 1 fully saturated rings. The molecule has 1 N–H and O–H groups in total. The van der Waals surface area contributed by atoms with E-state index in [1.807, 2.05) is 6.26 Å². The predicted molar refractivity (Wildman–Crippen MR) is 73.1 cm³/mol. The van der Waals surface area contributed by atoms with Gasteiger partial charge in [0.15, 0.2) is 0 Å². The van der Waals surface area contributed by atoms with Crippen LogP contribution in [0.15, 0.2) is 0 Å². The number of ether oxygens (including phenoxy) is 1. The first-order chi connectivity index (χ1) is 8.27. The van der Waals surface area contributed by atoms with Gasteiger partial charge in [-0.2, -0.15) is 0 Å². The number of hydrogen-bond acceptors (Lipinski definition) is 3. The lowest BCUT2D eigenvalue weighted by molar-refractivity contribution is -0.133. The van der Waals surface area contributed by atoms with E-state index in [0.717, 1.165) is 12.8 Å². The average Bonchev–Trinajstić information content (AvgIpc) is 2.84. The quantitative estimate of drug-likeness (QED) is 0.681. The molecule has 0 spiro atoms. The Morgan fingerprint density at radius 3 is 2.76 bits per heavy atom. The Hall–Kier alpha value is -0.220. The molecule has 0 bridgehead atoms. The standard InChI is InChI=1S/C13H25NO2S/c1-3-8-16-12(13(15)14-10-17-2)9-11-6-4-5-7-11/h11-12H,3-10H2,1-2H3,(H,14,15). The van der Waals surface area contributed by atoms with E-state index in [0.29, 0.717) is 18.4 Å². The maximum Gasteiger partial charge on any atom is 0.249 e. The van der Waals surface area contributed by atoms with Crippen LogP contribution in [0.4, 0.5) is 0 Å². The molecule has 0 aliphatic heterocycles. The maximum absolute atomic E-state index is 11.9. The van der Waals surface area contributed by atoms with Gasteiger partial charge in [-0.25, -0.2) is 0 Å². The fraction of sp³-hybridized carbons (Fsp3) is 0.923. The zero-order valence-corrected chi connectivity index (χ0v) is 11.9. The highest BCUT2D eigenvalue weighted by atomic mass is 32.2. The Balaban J connectivity index is 2.37. The fourth-order valence-corrected chi connectivity index (χ4v) is 2.60. The van der Waals surface area contributed by atoms with Crippen LogP contribution >= 0.6 is 11.8 Å². The molecule has 1 atom stereocenters. The molecule has 1 unspecified atom stereocenters. The van der Waals surface area contributed by atoms with Crippen molar-refractivity contribution in [2.75, 3.05) is 18.7 Å². The number of nitrogens with one attached hydrogen (secondary N) is 1. The van der Waals surface area contributed by atoms with E-state index in [-0.39, 0.29) is 12.0 Å². The molecule has 0 aromatic carbocycles. The molecule has 1 aliphatic rings. The highest BCUT2D eigenvalue weighted by Crippen LogP contribution is 2.29. The van der Waals surface area contributed by atoms with Crippen LogP contribution in [0.5, 0.6) is 0 Å². The summed E-state index contributed by atoms with van der Waals surface area (Å²) in [6, 6.07) is 0. The Morgan fingerprint density at radius 2 is 2.18 bits per heavy atom. The smallest absolute Gasteiger partial charge is 0.249 e. The molecule has 4 heteroatoms. The Kier molecular flexibility index (Phi) is 7.69. The van der Waals surface area contributed by atoms with Gasteiger partial charge in [-0.15, -0.1) is 11.8 Å². The third-order valence-corrected chi connectivity index (χ3v) is 3.66. The first-order valence-corrected chi connectivity index (χ1v) is 8.05. The number of hydrogen-bond donors (Lipinski definition) is 1. The van der Waals surface area contributed by atoms with E-state index >= 15 is 0 Å². The van der Waals surface area contributed by atoms with Crippen LogP contribution < -0.4 is 5.32 Å². The van der Waals surface area contributed by atoms with Crippen LogP contribution in [0.2, 0.25) is 0 Å². The van der Waals surface area contributed by atoms with Crippen LogP contribution in [0.1, 0.15) is 45.4 Å². The topological polar surface area (TPSA) is 38.3 Å². The largest absolute Gasteiger partial charge is 0.368 e. The summed E-state index contributed by atoms with van der Waals surface area (Å²) in [5, 5.41) is 2.91. The van der Waals surface area contributed by atoms with Crippen molar-refractivity contribution in [3.05, 3.63) is 0 Å². The van der Waals surface area contributed by atoms with Gasteiger partial charge in [0.1, 0.15) is 6.10 Å². The molecule has 100 valence electrons. The van der Waals surface area contributed by atoms with Crippen molar-refractivity contribution < 1.29 is 9.53 Å². The molecule has 0 heterocycles. The van der Waals surface area contributed by atoms with Gasteiger partial charge in [0.2, 0.25) is 5.91 Å². The predicted octanol–water partition coefficient (Wildman–Crippen LogP) is 2.80. The Labute approximate surface area is 109 Å². The SMILES string of the molecule is CCCOC(CC1CCCC1)C(=O)NCSC. The van der Waals surface area contributed by atoms with E-state index in [4.69, 9.17) is 4.74 Å². The lowest BCUT2D eigenvalue weighted by atomic mass is 9.99. The van der Waals surface area contributed by atoms with Crippen LogP contribution in [-0.2, 0) is 9.53 Å². The van der Waals surface area contributed by atoms with Crippen molar-refractivity contribution in [3.8, 4) is 0 Å². The van der Waals surface area contributed by atoms with Crippen LogP contribution in [0, 0.1) is 5.92 Å². The molecule has 1 saturated carbocycles. The zero-order chi connectivity index (χ0) is 12.5. The highest BCUT2D eigenvalue weighted by Gasteiger charge is 2.25. The molecule has 1 amide bonds. The summed E-state index contributed by atoms with van der Waals surface area (Å²) in [6.45, 7) is 2.76. The van der Waals surface area contributed by atoms with Gasteiger partial charge in [-0.05, 0) is 25.0 Å². The van der Waals surface area contributed by atoms with E-state index in [2.05, 4.69) is 12.2 Å². The van der Waals surface area contributed by atoms with Gasteiger partial charge >= 0.3 is 0 Å². The van der Waals surface area contributed by atoms with E-state index in [1.54, 1.807) is 11.8 Å². The summed E-state index contributed by atoms with van der Waals surface area (Å²) in [4.78, 5) is 11.9. The number of rotatable bonds is 8. The van der Waals surface area contributed by atoms with E-state index in [9.17, 15) is 4.79 Å². The second-order valence-corrected chi connectivity index (χ2v) is 5.59. The van der Waals surface area contributed by atoms with Gasteiger partial charge in [0.25, 0.3) is 0 Å². The molecular weight excluding hydrogens is 234 g/mol. The molecule has 17 heavy (non-hydrogen) atoms. The molecule has 0 saturated heterocycles. The van der Waals surface area contributed by atoms with Gasteiger partial charge in [0, 0.05) is 6.61 Å². The summed E-state index contributed by atoms with van der Waals surface area (Å²) >= 11 is 1.63. The van der Waals surface area contributed by atoms with Gasteiger partial charge < -0.3 is 10.1 Å². The third-order valence-electron chi connectivity index (χ3n) is 3.23. The van der Waals surface area contributed by atoms with Crippen LogP contribution in [0.25, 0.3) is 0 Å². The van der Waals surface area contributed by atoms with E-state index < -0.39 is 0 Å². The monoisotopic (exact) mass is 259 g/mol. The van der Waals surface area contributed by atoms with Crippen molar-refractivity contribution in [1.82, 2.24) is 5.32 Å². The van der Waals surface area contributed by atoms with Crippen LogP contribution in [-0.4, -0.2) is 30.8 Å². The van der Waals surface area contributed by atoms with Gasteiger partial charge in [-0.1, -0.05) is 32.6 Å². The number of thioether (sulfide) groups is 1. The second-order valence-electron chi connectivity index (χ2n) is 4.72. The summed E-state index contributed by atoms with van der Waals surface area (Å²) < 4.78 is 5.69. The molecule has 0 radical (unpaired) electrons. The summed E-state index contributed by atoms with van der Waals surface area (Å²) in [7, 11) is 0. The van der Waals surface area contributed by atoms with Crippen molar-refractivity contribution in [2.24, 2.45) is 5.92 Å². The number of amides is 1. The van der Waals surface area contributed by atoms with Crippen molar-refractivity contribution in [1.29, 1.82) is 0 Å². The fourth-order valence-electron chi connectivity index (χ4n) is 2.32. The minimum atomic E-state index is -0.231. The maximum atomic E-state index is 11.9. The van der Waals surface area contributed by atoms with Gasteiger partial charge in [-0.3, -0.25) is 4.79 Å². The number of carbonyl (C=O) groups is 1. The first kappa shape index (κ1) is 14.8. The minimum Gasteiger partial charge on any atom is -0.368 e. The summed E-state index contributed by atoms with van der Waals surface area (Å²) in [5.41, 5.74) is 0. The molecule has 1 rings (SSSR count). The van der Waals surface area contributed by atoms with Gasteiger partial charge in [0.05, 0.1) is 5.88 Å². The molecule has 0 aromatic rings. The molecule has 1 aliphatic carbocycles. The second kappa shape index (κ2) is 8.81. The minimum absolute atomic E-state index is 0.0692. The van der Waals surface area contributed by atoms with Crippen LogP contribution in [0.3, 0.4) is 0 Å². The third kappa shape index (κ3) is 5.77. The normalized spacial score (nSPS) is 18.2. The summed E-state index contributed by atoms with van der Waals surface area (Å²) in [5.74, 6) is 1.44. The number of carbonyl (C=O) groups excluding carboxylic acids is 1. The average molecular weight is 259 g/mol. The van der Waals surface area contributed by atoms with Crippen molar-refractivity contribution >= 4 is 17.7 Å². The lowest BCUT2D eigenvalue weighted by Gasteiger charge is -2.20. The Morgan fingerprint density at radius 1 is 1.47 bits per heavy atom. The zero-order valence-electron chi connectivity index (χ0n) is 11.0. The molecule has 0 aromatic heterocycles. The van der Waals surface area contributed by atoms with Crippen molar-refractivity contribution in [3.63, 3.8) is 0 Å². The first-order valence-electron chi connectivity index (χ1n) is 6.66. The lowest BCUT2D eigenvalue weighted by Crippen LogP contribution is -2.37.